The van der Waals surface area contributed by atoms with E-state index in [-0.39, 0.29) is 18.3 Å². The van der Waals surface area contributed by atoms with Gasteiger partial charge in [0.1, 0.15) is 0 Å². The molecule has 6 nitrogen and oxygen atoms in total. The highest BCUT2D eigenvalue weighted by atomic mass is 35.5. The van der Waals surface area contributed by atoms with Crippen LogP contribution in [-0.2, 0) is 4.74 Å². The van der Waals surface area contributed by atoms with Gasteiger partial charge >= 0.3 is 0 Å². The number of para-hydroxylation sites is 1. The van der Waals surface area contributed by atoms with Crippen molar-refractivity contribution < 1.29 is 13.9 Å². The molecule has 3 heterocycles. The highest BCUT2D eigenvalue weighted by Gasteiger charge is 2.24. The molecule has 1 aliphatic heterocycles. The molecule has 1 amide bonds. The van der Waals surface area contributed by atoms with Crippen LogP contribution in [0.25, 0.3) is 10.2 Å². The molecule has 1 fully saturated rings. The fraction of sp³-hybridized carbons (Fsp3) is 0.368. The van der Waals surface area contributed by atoms with Crippen molar-refractivity contribution >= 4 is 45.0 Å². The molecule has 2 aromatic heterocycles. The van der Waals surface area contributed by atoms with Crippen LogP contribution in [0.1, 0.15) is 16.1 Å². The third-order valence-electron chi connectivity index (χ3n) is 4.56. The van der Waals surface area contributed by atoms with Gasteiger partial charge in [0, 0.05) is 26.2 Å². The normalized spacial score (nSPS) is 14.9. The number of ether oxygens (including phenoxy) is 1. The van der Waals surface area contributed by atoms with E-state index < -0.39 is 0 Å². The van der Waals surface area contributed by atoms with Gasteiger partial charge in [0.05, 0.1) is 29.7 Å². The molecule has 1 saturated heterocycles. The van der Waals surface area contributed by atoms with E-state index >= 15 is 0 Å². The summed E-state index contributed by atoms with van der Waals surface area (Å²) in [6.07, 6.45) is 1.52. The molecule has 0 unspecified atom stereocenters. The van der Waals surface area contributed by atoms with E-state index in [1.165, 1.54) is 6.26 Å². The number of amides is 1. The second kappa shape index (κ2) is 8.84. The molecule has 1 aliphatic rings. The van der Waals surface area contributed by atoms with Crippen LogP contribution in [0.4, 0.5) is 5.13 Å². The average Bonchev–Trinajstić information content (AvgIpc) is 3.33. The molecule has 27 heavy (non-hydrogen) atoms. The molecule has 8 heteroatoms. The number of hydrogen-bond donors (Lipinski definition) is 0. The fourth-order valence-electron chi connectivity index (χ4n) is 3.07. The molecule has 0 atom stereocenters. The van der Waals surface area contributed by atoms with Gasteiger partial charge < -0.3 is 9.15 Å². The molecule has 0 aliphatic carbocycles. The number of furan rings is 1. The van der Waals surface area contributed by atoms with E-state index in [4.69, 9.17) is 14.1 Å². The van der Waals surface area contributed by atoms with Gasteiger partial charge in [0.15, 0.2) is 10.9 Å². The van der Waals surface area contributed by atoms with Crippen LogP contribution in [0.15, 0.2) is 41.0 Å². The zero-order valence-electron chi connectivity index (χ0n) is 15.1. The van der Waals surface area contributed by atoms with Crippen molar-refractivity contribution in [1.82, 2.24) is 9.88 Å². The Morgan fingerprint density at radius 1 is 1.26 bits per heavy atom. The van der Waals surface area contributed by atoms with E-state index in [1.807, 2.05) is 25.1 Å². The monoisotopic (exact) mass is 407 g/mol. The van der Waals surface area contributed by atoms with Crippen LogP contribution in [0.3, 0.4) is 0 Å². The van der Waals surface area contributed by atoms with E-state index in [9.17, 15) is 4.79 Å². The Morgan fingerprint density at radius 3 is 2.78 bits per heavy atom. The summed E-state index contributed by atoms with van der Waals surface area (Å²) in [6, 6.07) is 9.53. The van der Waals surface area contributed by atoms with E-state index in [0.29, 0.717) is 17.4 Å². The first kappa shape index (κ1) is 19.8. The number of aryl methyl sites for hydroxylation is 1. The SMILES string of the molecule is Cc1cccc2sc(N(CCN3CCOCC3)C(=O)c3ccco3)nc12.Cl. The van der Waals surface area contributed by atoms with Crippen molar-refractivity contribution in [3.8, 4) is 0 Å². The van der Waals surface area contributed by atoms with Crippen molar-refractivity contribution in [1.29, 1.82) is 0 Å². The summed E-state index contributed by atoms with van der Waals surface area (Å²) in [4.78, 5) is 21.8. The largest absolute Gasteiger partial charge is 0.459 e. The quantitative estimate of drug-likeness (QED) is 0.646. The maximum Gasteiger partial charge on any atom is 0.295 e. The van der Waals surface area contributed by atoms with Gasteiger partial charge in [-0.15, -0.1) is 12.4 Å². The van der Waals surface area contributed by atoms with Crippen molar-refractivity contribution in [3.05, 3.63) is 47.9 Å². The fourth-order valence-corrected chi connectivity index (χ4v) is 4.14. The lowest BCUT2D eigenvalue weighted by Crippen LogP contribution is -2.43. The summed E-state index contributed by atoms with van der Waals surface area (Å²) < 4.78 is 11.8. The molecule has 3 aromatic rings. The number of hydrogen-bond acceptors (Lipinski definition) is 6. The second-order valence-electron chi connectivity index (χ2n) is 6.31. The standard InChI is InChI=1S/C19H21N3O3S.ClH/c1-14-4-2-6-16-17(14)20-19(26-16)22(18(23)15-5-3-11-25-15)8-7-21-9-12-24-13-10-21;/h2-6,11H,7-10,12-13H2,1H3;1H. The van der Waals surface area contributed by atoms with Crippen molar-refractivity contribution in [3.63, 3.8) is 0 Å². The molecule has 0 bridgehead atoms. The van der Waals surface area contributed by atoms with E-state index in [2.05, 4.69) is 4.90 Å². The number of rotatable bonds is 5. The summed E-state index contributed by atoms with van der Waals surface area (Å²) in [5.74, 6) is 0.183. The number of nitrogens with zero attached hydrogens (tertiary/aromatic N) is 3. The number of halogens is 1. The predicted octanol–water partition coefficient (Wildman–Crippen LogP) is 3.60. The number of morpholine rings is 1. The zero-order chi connectivity index (χ0) is 17.9. The Labute approximate surface area is 168 Å². The summed E-state index contributed by atoms with van der Waals surface area (Å²) in [5, 5.41) is 0.712. The minimum Gasteiger partial charge on any atom is -0.459 e. The van der Waals surface area contributed by atoms with Gasteiger partial charge in [-0.3, -0.25) is 14.6 Å². The molecule has 0 N–H and O–H groups in total. The molecule has 0 saturated carbocycles. The molecular formula is C19H22ClN3O3S. The maximum absolute atomic E-state index is 13.0. The minimum absolute atomic E-state index is 0. The van der Waals surface area contributed by atoms with Crippen LogP contribution < -0.4 is 4.90 Å². The number of aromatic nitrogens is 1. The summed E-state index contributed by atoms with van der Waals surface area (Å²) in [6.45, 7) is 6.66. The first-order chi connectivity index (χ1) is 12.7. The predicted molar refractivity (Wildman–Crippen MR) is 109 cm³/mol. The Balaban J connectivity index is 0.00000210. The number of benzene rings is 1. The minimum atomic E-state index is -0.153. The second-order valence-corrected chi connectivity index (χ2v) is 7.32. The van der Waals surface area contributed by atoms with Crippen molar-refractivity contribution in [2.45, 2.75) is 6.92 Å². The van der Waals surface area contributed by atoms with E-state index in [0.717, 1.165) is 48.6 Å². The van der Waals surface area contributed by atoms with Crippen LogP contribution in [0.5, 0.6) is 0 Å². The van der Waals surface area contributed by atoms with Crippen molar-refractivity contribution in [2.75, 3.05) is 44.3 Å². The summed E-state index contributed by atoms with van der Waals surface area (Å²) in [5.41, 5.74) is 2.07. The molecule has 0 spiro atoms. The lowest BCUT2D eigenvalue weighted by Gasteiger charge is -2.28. The van der Waals surface area contributed by atoms with Crippen LogP contribution >= 0.6 is 23.7 Å². The topological polar surface area (TPSA) is 58.8 Å². The Bertz CT molecular complexity index is 891. The molecule has 1 aromatic carbocycles. The van der Waals surface area contributed by atoms with Gasteiger partial charge in [-0.1, -0.05) is 23.5 Å². The van der Waals surface area contributed by atoms with Gasteiger partial charge in [-0.2, -0.15) is 0 Å². The Kier molecular flexibility index (Phi) is 6.49. The van der Waals surface area contributed by atoms with Crippen LogP contribution in [0, 0.1) is 6.92 Å². The third kappa shape index (κ3) is 4.32. The summed E-state index contributed by atoms with van der Waals surface area (Å²) in [7, 11) is 0. The number of carbonyl (C=O) groups excluding carboxylic acids is 1. The number of carbonyl (C=O) groups is 1. The number of fused-ring (bicyclic) bond motifs is 1. The van der Waals surface area contributed by atoms with Gasteiger partial charge in [0.25, 0.3) is 5.91 Å². The first-order valence-electron chi connectivity index (χ1n) is 8.74. The van der Waals surface area contributed by atoms with Crippen LogP contribution in [0.2, 0.25) is 0 Å². The Hall–Kier alpha value is -1.93. The summed E-state index contributed by atoms with van der Waals surface area (Å²) >= 11 is 1.54. The third-order valence-corrected chi connectivity index (χ3v) is 5.60. The highest BCUT2D eigenvalue weighted by molar-refractivity contribution is 7.22. The highest BCUT2D eigenvalue weighted by Crippen LogP contribution is 2.31. The molecular weight excluding hydrogens is 386 g/mol. The molecule has 4 rings (SSSR count). The smallest absolute Gasteiger partial charge is 0.295 e. The number of anilines is 1. The van der Waals surface area contributed by atoms with E-state index in [1.54, 1.807) is 28.4 Å². The average molecular weight is 408 g/mol. The zero-order valence-corrected chi connectivity index (χ0v) is 16.7. The molecule has 144 valence electrons. The molecule has 0 radical (unpaired) electrons. The maximum atomic E-state index is 13.0. The van der Waals surface area contributed by atoms with Gasteiger partial charge in [-0.05, 0) is 30.7 Å². The van der Waals surface area contributed by atoms with Crippen molar-refractivity contribution in [2.24, 2.45) is 0 Å². The van der Waals surface area contributed by atoms with Gasteiger partial charge in [-0.25, -0.2) is 4.98 Å². The van der Waals surface area contributed by atoms with Crippen LogP contribution in [-0.4, -0.2) is 55.2 Å². The van der Waals surface area contributed by atoms with Gasteiger partial charge in [0.2, 0.25) is 0 Å². The Morgan fingerprint density at radius 2 is 2.07 bits per heavy atom. The lowest BCUT2D eigenvalue weighted by atomic mass is 10.2. The lowest BCUT2D eigenvalue weighted by molar-refractivity contribution is 0.0390. The first-order valence-corrected chi connectivity index (χ1v) is 9.55. The number of thiazole rings is 1.